The average molecular weight is 267 g/mol. The number of fused-ring (bicyclic) bond motifs is 1. The second-order valence-corrected chi connectivity index (χ2v) is 6.68. The third kappa shape index (κ3) is 2.47. The van der Waals surface area contributed by atoms with Gasteiger partial charge in [0.1, 0.15) is 0 Å². The van der Waals surface area contributed by atoms with E-state index in [1.807, 2.05) is 30.3 Å². The first kappa shape index (κ1) is 13.3. The number of carbonyl (C=O) groups excluding carboxylic acids is 1. The zero-order valence-corrected chi connectivity index (χ0v) is 12.2. The van der Waals surface area contributed by atoms with Gasteiger partial charge >= 0.3 is 0 Å². The van der Waals surface area contributed by atoms with Crippen LogP contribution < -0.4 is 0 Å². The van der Waals surface area contributed by atoms with E-state index in [0.717, 1.165) is 42.1 Å². The van der Waals surface area contributed by atoms with E-state index in [-0.39, 0.29) is 11.7 Å². The van der Waals surface area contributed by atoms with Crippen molar-refractivity contribution in [1.82, 2.24) is 4.98 Å². The van der Waals surface area contributed by atoms with Crippen molar-refractivity contribution < 1.29 is 4.79 Å². The number of hydrogen-bond donors (Lipinski definition) is 0. The highest BCUT2D eigenvalue weighted by atomic mass is 16.1. The third-order valence-corrected chi connectivity index (χ3v) is 4.61. The number of carbonyl (C=O) groups is 1. The van der Waals surface area contributed by atoms with E-state index in [0.29, 0.717) is 5.41 Å². The Kier molecular flexibility index (Phi) is 3.33. The van der Waals surface area contributed by atoms with Crippen LogP contribution in [0.4, 0.5) is 0 Å². The van der Waals surface area contributed by atoms with Crippen LogP contribution in [-0.2, 0) is 0 Å². The maximum atomic E-state index is 12.8. The number of hydrogen-bond acceptors (Lipinski definition) is 2. The van der Waals surface area contributed by atoms with Crippen LogP contribution in [0.25, 0.3) is 10.9 Å². The normalized spacial score (nSPS) is 19.1. The molecule has 0 radical (unpaired) electrons. The smallest absolute Gasteiger partial charge is 0.168 e. The number of rotatable bonds is 2. The topological polar surface area (TPSA) is 30.0 Å². The zero-order chi connectivity index (χ0) is 14.2. The largest absolute Gasteiger partial charge is 0.294 e. The highest BCUT2D eigenvalue weighted by molar-refractivity contribution is 6.07. The van der Waals surface area contributed by atoms with Gasteiger partial charge in [-0.1, -0.05) is 32.0 Å². The molecule has 0 aliphatic heterocycles. The maximum absolute atomic E-state index is 12.8. The fourth-order valence-electron chi connectivity index (χ4n) is 3.18. The molecule has 0 bridgehead atoms. The average Bonchev–Trinajstić information content (AvgIpc) is 2.46. The van der Waals surface area contributed by atoms with Gasteiger partial charge < -0.3 is 0 Å². The van der Waals surface area contributed by atoms with Crippen molar-refractivity contribution in [3.63, 3.8) is 0 Å². The zero-order valence-electron chi connectivity index (χ0n) is 12.2. The van der Waals surface area contributed by atoms with Gasteiger partial charge in [-0.25, -0.2) is 0 Å². The van der Waals surface area contributed by atoms with Crippen molar-refractivity contribution in [3.8, 4) is 0 Å². The number of benzene rings is 1. The van der Waals surface area contributed by atoms with Gasteiger partial charge in [0, 0.05) is 23.1 Å². The van der Waals surface area contributed by atoms with Crippen LogP contribution in [0.15, 0.2) is 36.5 Å². The van der Waals surface area contributed by atoms with Crippen LogP contribution in [-0.4, -0.2) is 10.8 Å². The molecule has 0 amide bonds. The summed E-state index contributed by atoms with van der Waals surface area (Å²) in [7, 11) is 0. The standard InChI is InChI=1S/C18H21NO/c1-18(2)10-8-14(9-11-18)17(20)15-7-3-5-13-6-4-12-19-16(13)15/h3-7,12,14H,8-11H2,1-2H3. The summed E-state index contributed by atoms with van der Waals surface area (Å²) in [5.74, 6) is 0.459. The number of aromatic nitrogens is 1. The van der Waals surface area contributed by atoms with Crippen molar-refractivity contribution in [3.05, 3.63) is 42.1 Å². The van der Waals surface area contributed by atoms with E-state index in [1.54, 1.807) is 6.20 Å². The predicted molar refractivity (Wildman–Crippen MR) is 81.8 cm³/mol. The Labute approximate surface area is 120 Å². The quantitative estimate of drug-likeness (QED) is 0.742. The van der Waals surface area contributed by atoms with E-state index in [4.69, 9.17) is 0 Å². The second-order valence-electron chi connectivity index (χ2n) is 6.68. The van der Waals surface area contributed by atoms with Gasteiger partial charge in [-0.05, 0) is 43.2 Å². The van der Waals surface area contributed by atoms with Crippen molar-refractivity contribution in [1.29, 1.82) is 0 Å². The fourth-order valence-corrected chi connectivity index (χ4v) is 3.18. The Morgan fingerprint density at radius 3 is 2.60 bits per heavy atom. The number of para-hydroxylation sites is 1. The van der Waals surface area contributed by atoms with Crippen LogP contribution in [0.3, 0.4) is 0 Å². The molecule has 3 rings (SSSR count). The lowest BCUT2D eigenvalue weighted by molar-refractivity contribution is 0.0839. The number of ketones is 1. The molecule has 0 N–H and O–H groups in total. The minimum absolute atomic E-state index is 0.177. The number of pyridine rings is 1. The molecule has 1 fully saturated rings. The molecule has 1 heterocycles. The van der Waals surface area contributed by atoms with Gasteiger partial charge in [0.2, 0.25) is 0 Å². The molecule has 1 aromatic heterocycles. The van der Waals surface area contributed by atoms with Gasteiger partial charge in [-0.15, -0.1) is 0 Å². The second kappa shape index (κ2) is 5.01. The minimum Gasteiger partial charge on any atom is -0.294 e. The molecular formula is C18H21NO. The van der Waals surface area contributed by atoms with Gasteiger partial charge in [0.05, 0.1) is 5.52 Å². The molecule has 0 atom stereocenters. The van der Waals surface area contributed by atoms with Gasteiger partial charge in [-0.2, -0.15) is 0 Å². The van der Waals surface area contributed by atoms with E-state index in [9.17, 15) is 4.79 Å². The summed E-state index contributed by atoms with van der Waals surface area (Å²) in [6.07, 6.45) is 6.07. The lowest BCUT2D eigenvalue weighted by Crippen LogP contribution is -2.26. The van der Waals surface area contributed by atoms with E-state index < -0.39 is 0 Å². The first-order valence-electron chi connectivity index (χ1n) is 7.45. The molecule has 1 saturated carbocycles. The molecule has 2 heteroatoms. The molecule has 1 aromatic carbocycles. The van der Waals surface area contributed by atoms with Crippen molar-refractivity contribution in [2.24, 2.45) is 11.3 Å². The maximum Gasteiger partial charge on any atom is 0.168 e. The molecule has 20 heavy (non-hydrogen) atoms. The highest BCUT2D eigenvalue weighted by Gasteiger charge is 2.31. The molecule has 0 spiro atoms. The highest BCUT2D eigenvalue weighted by Crippen LogP contribution is 2.39. The molecular weight excluding hydrogens is 246 g/mol. The SMILES string of the molecule is CC1(C)CCC(C(=O)c2cccc3cccnc23)CC1. The summed E-state index contributed by atoms with van der Waals surface area (Å²) in [4.78, 5) is 17.2. The molecule has 104 valence electrons. The van der Waals surface area contributed by atoms with Crippen LogP contribution >= 0.6 is 0 Å². The summed E-state index contributed by atoms with van der Waals surface area (Å²) >= 11 is 0. The van der Waals surface area contributed by atoms with Gasteiger partial charge in [0.25, 0.3) is 0 Å². The first-order chi connectivity index (χ1) is 9.57. The summed E-state index contributed by atoms with van der Waals surface area (Å²) in [6.45, 7) is 4.60. The minimum atomic E-state index is 0.177. The summed E-state index contributed by atoms with van der Waals surface area (Å²) in [5.41, 5.74) is 2.05. The molecule has 2 nitrogen and oxygen atoms in total. The van der Waals surface area contributed by atoms with Crippen molar-refractivity contribution in [2.45, 2.75) is 39.5 Å². The predicted octanol–water partition coefficient (Wildman–Crippen LogP) is 4.63. The van der Waals surface area contributed by atoms with Crippen LogP contribution in [0.1, 0.15) is 49.9 Å². The number of nitrogens with zero attached hydrogens (tertiary/aromatic N) is 1. The van der Waals surface area contributed by atoms with E-state index in [2.05, 4.69) is 18.8 Å². The Morgan fingerprint density at radius 2 is 1.85 bits per heavy atom. The van der Waals surface area contributed by atoms with E-state index in [1.165, 1.54) is 0 Å². The summed E-state index contributed by atoms with van der Waals surface area (Å²) in [6, 6.07) is 9.84. The number of Topliss-reactive ketones (excluding diaryl/α,β-unsaturated/α-hetero) is 1. The molecule has 2 aromatic rings. The fraction of sp³-hybridized carbons (Fsp3) is 0.444. The van der Waals surface area contributed by atoms with Gasteiger partial charge in [-0.3, -0.25) is 9.78 Å². The monoisotopic (exact) mass is 267 g/mol. The Hall–Kier alpha value is -1.70. The van der Waals surface area contributed by atoms with E-state index >= 15 is 0 Å². The molecule has 1 aliphatic carbocycles. The van der Waals surface area contributed by atoms with Crippen molar-refractivity contribution in [2.75, 3.05) is 0 Å². The Morgan fingerprint density at radius 1 is 1.15 bits per heavy atom. The lowest BCUT2D eigenvalue weighted by Gasteiger charge is -2.33. The summed E-state index contributed by atoms with van der Waals surface area (Å²) in [5, 5.41) is 1.05. The molecule has 0 saturated heterocycles. The van der Waals surface area contributed by atoms with Crippen LogP contribution in [0, 0.1) is 11.3 Å². The molecule has 1 aliphatic rings. The molecule has 0 unspecified atom stereocenters. The third-order valence-electron chi connectivity index (χ3n) is 4.61. The van der Waals surface area contributed by atoms with Crippen LogP contribution in [0.2, 0.25) is 0 Å². The first-order valence-corrected chi connectivity index (χ1v) is 7.45. The van der Waals surface area contributed by atoms with Crippen LogP contribution in [0.5, 0.6) is 0 Å². The summed E-state index contributed by atoms with van der Waals surface area (Å²) < 4.78 is 0. The van der Waals surface area contributed by atoms with Crippen molar-refractivity contribution >= 4 is 16.7 Å². The lowest BCUT2D eigenvalue weighted by atomic mass is 9.71. The Balaban J connectivity index is 1.90. The Bertz CT molecular complexity index is 629. The van der Waals surface area contributed by atoms with Gasteiger partial charge in [0.15, 0.2) is 5.78 Å².